The molecule has 0 aromatic carbocycles. The molecular weight excluding hydrogens is 512 g/mol. The van der Waals surface area contributed by atoms with Crippen molar-refractivity contribution in [1.82, 2.24) is 35.7 Å². The maximum absolute atomic E-state index is 13.1. The molecule has 1 aromatic heterocycles. The maximum atomic E-state index is 13.1. The number of hydrogen-bond donors (Lipinski definition) is 4. The number of aromatic nitrogens is 4. The third-order valence-corrected chi connectivity index (χ3v) is 9.78. The Labute approximate surface area is 224 Å². The van der Waals surface area contributed by atoms with Gasteiger partial charge >= 0.3 is 5.97 Å². The Hall–Kier alpha value is -2.84. The van der Waals surface area contributed by atoms with Crippen molar-refractivity contribution in [3.63, 3.8) is 0 Å². The molecule has 1 saturated carbocycles. The number of carbonyl (C=O) groups excluding carboxylic acids is 3. The molecule has 8 atom stereocenters. The van der Waals surface area contributed by atoms with Crippen molar-refractivity contribution in [1.29, 1.82) is 0 Å². The number of carboxylic acid groups (broad SMARTS) is 1. The minimum Gasteiger partial charge on any atom is -0.477 e. The van der Waals surface area contributed by atoms with Gasteiger partial charge in [-0.3, -0.25) is 14.4 Å². The SMILES string of the molecule is C[C@@H](NC(=O)Cn1cnnn1)[C@H]1C(=O)N2C(C(=O)O)=C(S[C@@H]3CN[C@H](CC(=O)C4CC[C@H](N)C4)C3)[C@H](C)[C@H]12. The number of nitrogens with two attached hydrogens (primary N) is 1. The van der Waals surface area contributed by atoms with Gasteiger partial charge in [0.2, 0.25) is 11.8 Å². The zero-order valence-corrected chi connectivity index (χ0v) is 22.3. The number of β-lactam (4-membered cyclic amide) rings is 1. The lowest BCUT2D eigenvalue weighted by Crippen LogP contribution is -2.66. The predicted octanol–water partition coefficient (Wildman–Crippen LogP) is -0.499. The molecule has 38 heavy (non-hydrogen) atoms. The van der Waals surface area contributed by atoms with Crippen LogP contribution in [0.5, 0.6) is 0 Å². The average molecular weight is 547 g/mol. The molecule has 0 radical (unpaired) electrons. The highest BCUT2D eigenvalue weighted by Gasteiger charge is 2.60. The van der Waals surface area contributed by atoms with Crippen molar-refractivity contribution in [2.75, 3.05) is 6.54 Å². The van der Waals surface area contributed by atoms with Gasteiger partial charge in [0.05, 0.1) is 12.0 Å². The topological polar surface area (TPSA) is 185 Å². The summed E-state index contributed by atoms with van der Waals surface area (Å²) in [5.41, 5.74) is 6.01. The second kappa shape index (κ2) is 10.7. The van der Waals surface area contributed by atoms with Crippen molar-refractivity contribution in [3.8, 4) is 0 Å². The molecule has 1 aliphatic carbocycles. The van der Waals surface area contributed by atoms with Crippen molar-refractivity contribution < 1.29 is 24.3 Å². The number of nitrogens with one attached hydrogen (secondary N) is 2. The monoisotopic (exact) mass is 546 g/mol. The number of Topliss-reactive ketones (excluding diaryl/α,β-unsaturated/α-hetero) is 1. The summed E-state index contributed by atoms with van der Waals surface area (Å²) in [5.74, 6) is -2.16. The van der Waals surface area contributed by atoms with Crippen LogP contribution in [0, 0.1) is 17.8 Å². The Morgan fingerprint density at radius 3 is 2.76 bits per heavy atom. The number of aliphatic carboxylic acids is 1. The van der Waals surface area contributed by atoms with E-state index in [1.165, 1.54) is 27.7 Å². The molecule has 3 aliphatic heterocycles. The quantitative estimate of drug-likeness (QED) is 0.277. The molecule has 4 aliphatic rings. The van der Waals surface area contributed by atoms with E-state index in [2.05, 4.69) is 26.2 Å². The van der Waals surface area contributed by atoms with Gasteiger partial charge in [-0.15, -0.1) is 16.9 Å². The largest absolute Gasteiger partial charge is 0.477 e. The van der Waals surface area contributed by atoms with Gasteiger partial charge in [0.1, 0.15) is 24.4 Å². The first-order valence-electron chi connectivity index (χ1n) is 13.1. The van der Waals surface area contributed by atoms with Crippen LogP contribution in [-0.2, 0) is 25.7 Å². The van der Waals surface area contributed by atoms with E-state index < -0.39 is 17.9 Å². The molecule has 13 nitrogen and oxygen atoms in total. The molecule has 4 heterocycles. The summed E-state index contributed by atoms with van der Waals surface area (Å²) >= 11 is 1.50. The number of hydrogen-bond acceptors (Lipinski definition) is 10. The summed E-state index contributed by atoms with van der Waals surface area (Å²) < 4.78 is 1.28. The second-order valence-corrected chi connectivity index (χ2v) is 12.3. The lowest BCUT2D eigenvalue weighted by Gasteiger charge is -2.47. The Morgan fingerprint density at radius 2 is 2.11 bits per heavy atom. The van der Waals surface area contributed by atoms with E-state index in [0.29, 0.717) is 17.9 Å². The molecular formula is C24H34N8O5S. The summed E-state index contributed by atoms with van der Waals surface area (Å²) in [6, 6.07) is -0.642. The van der Waals surface area contributed by atoms with Gasteiger partial charge in [-0.25, -0.2) is 9.48 Å². The van der Waals surface area contributed by atoms with Gasteiger partial charge in [0.25, 0.3) is 0 Å². The van der Waals surface area contributed by atoms with Crippen molar-refractivity contribution >= 4 is 35.3 Å². The Morgan fingerprint density at radius 1 is 1.32 bits per heavy atom. The van der Waals surface area contributed by atoms with Crippen LogP contribution in [0.25, 0.3) is 0 Å². The molecule has 3 fully saturated rings. The van der Waals surface area contributed by atoms with Crippen LogP contribution in [0.15, 0.2) is 16.9 Å². The Kier molecular flexibility index (Phi) is 7.56. The molecule has 0 spiro atoms. The number of carbonyl (C=O) groups is 4. The highest BCUT2D eigenvalue weighted by Crippen LogP contribution is 2.52. The molecule has 206 valence electrons. The smallest absolute Gasteiger partial charge is 0.353 e. The van der Waals surface area contributed by atoms with E-state index in [9.17, 15) is 24.3 Å². The predicted molar refractivity (Wildman–Crippen MR) is 136 cm³/mol. The molecule has 2 saturated heterocycles. The molecule has 5 rings (SSSR count). The minimum absolute atomic E-state index is 0.0421. The van der Waals surface area contributed by atoms with Crippen molar-refractivity contribution in [2.45, 2.75) is 81.9 Å². The van der Waals surface area contributed by atoms with Gasteiger partial charge < -0.3 is 26.4 Å². The molecule has 0 bridgehead atoms. The van der Waals surface area contributed by atoms with Gasteiger partial charge in [0, 0.05) is 53.1 Å². The van der Waals surface area contributed by atoms with Crippen LogP contribution in [0.4, 0.5) is 0 Å². The lowest BCUT2D eigenvalue weighted by molar-refractivity contribution is -0.158. The lowest BCUT2D eigenvalue weighted by atomic mass is 9.78. The van der Waals surface area contributed by atoms with E-state index in [4.69, 9.17) is 5.73 Å². The first kappa shape index (κ1) is 26.8. The van der Waals surface area contributed by atoms with E-state index in [-0.39, 0.29) is 65.1 Å². The number of carboxylic acids is 1. The highest BCUT2D eigenvalue weighted by atomic mass is 32.2. The van der Waals surface area contributed by atoms with Crippen LogP contribution in [-0.4, -0.2) is 89.7 Å². The molecule has 1 aromatic rings. The molecule has 2 amide bonds. The summed E-state index contributed by atoms with van der Waals surface area (Å²) in [6.45, 7) is 4.29. The van der Waals surface area contributed by atoms with E-state index in [0.717, 1.165) is 25.7 Å². The number of ketones is 1. The number of amides is 2. The van der Waals surface area contributed by atoms with Gasteiger partial charge in [-0.2, -0.15) is 0 Å². The normalized spacial score (nSPS) is 33.3. The summed E-state index contributed by atoms with van der Waals surface area (Å²) in [5, 5.41) is 27.1. The van der Waals surface area contributed by atoms with Crippen molar-refractivity contribution in [3.05, 3.63) is 16.9 Å². The number of thioether (sulfide) groups is 1. The van der Waals surface area contributed by atoms with Gasteiger partial charge in [-0.05, 0) is 43.0 Å². The summed E-state index contributed by atoms with van der Waals surface area (Å²) in [4.78, 5) is 52.6. The Bertz CT molecular complexity index is 1140. The molecule has 14 heteroatoms. The fraction of sp³-hybridized carbons (Fsp3) is 0.708. The zero-order chi connectivity index (χ0) is 27.1. The molecule has 1 unspecified atom stereocenters. The zero-order valence-electron chi connectivity index (χ0n) is 21.4. The first-order chi connectivity index (χ1) is 18.1. The van der Waals surface area contributed by atoms with Crippen LogP contribution >= 0.6 is 11.8 Å². The van der Waals surface area contributed by atoms with Crippen LogP contribution < -0.4 is 16.4 Å². The van der Waals surface area contributed by atoms with Crippen molar-refractivity contribution in [2.24, 2.45) is 23.5 Å². The summed E-state index contributed by atoms with van der Waals surface area (Å²) in [7, 11) is 0. The van der Waals surface area contributed by atoms with Gasteiger partial charge in [-0.1, -0.05) is 6.92 Å². The van der Waals surface area contributed by atoms with Gasteiger partial charge in [0.15, 0.2) is 0 Å². The van der Waals surface area contributed by atoms with Crippen LogP contribution in [0.1, 0.15) is 46.0 Å². The summed E-state index contributed by atoms with van der Waals surface area (Å²) in [6.07, 6.45) is 5.07. The van der Waals surface area contributed by atoms with Crippen LogP contribution in [0.2, 0.25) is 0 Å². The second-order valence-electron chi connectivity index (χ2n) is 10.9. The Balaban J connectivity index is 1.20. The fourth-order valence-corrected chi connectivity index (χ4v) is 7.93. The average Bonchev–Trinajstić information content (AvgIpc) is 3.64. The minimum atomic E-state index is -1.13. The van der Waals surface area contributed by atoms with E-state index in [1.54, 1.807) is 6.92 Å². The highest BCUT2D eigenvalue weighted by molar-refractivity contribution is 8.03. The van der Waals surface area contributed by atoms with Crippen LogP contribution in [0.3, 0.4) is 0 Å². The van der Waals surface area contributed by atoms with E-state index in [1.807, 2.05) is 6.92 Å². The van der Waals surface area contributed by atoms with E-state index >= 15 is 0 Å². The molecule has 5 N–H and O–H groups in total. The number of fused-ring (bicyclic) bond motifs is 1. The third-order valence-electron chi connectivity index (χ3n) is 8.27. The number of nitrogens with zero attached hydrogens (tertiary/aromatic N) is 5. The number of rotatable bonds is 10. The number of tetrazole rings is 1. The fourth-order valence-electron chi connectivity index (χ4n) is 6.41. The first-order valence-corrected chi connectivity index (χ1v) is 14.0. The standard InChI is InChI=1S/C24H34N8O5S/c1-11-20-19(12(2)28-18(34)9-31-10-27-29-30-31)23(35)32(20)21(24(36)37)22(11)38-16-6-15(26-8-16)7-17(33)13-3-4-14(25)5-13/h10-16,19-20,26H,3-9,25H2,1-2H3,(H,28,34)(H,36,37)/t11-,12-,13?,14+,15+,16+,19-,20-/m1/s1. The maximum Gasteiger partial charge on any atom is 0.353 e. The third kappa shape index (κ3) is 5.08.